The number of aryl methyl sites for hydroxylation is 2. The van der Waals surface area contributed by atoms with E-state index >= 15 is 0 Å². The van der Waals surface area contributed by atoms with E-state index in [0.717, 1.165) is 35.1 Å². The first kappa shape index (κ1) is 26.5. The van der Waals surface area contributed by atoms with Gasteiger partial charge < -0.3 is 20.1 Å². The molecule has 3 aromatic carbocycles. The van der Waals surface area contributed by atoms with Crippen LogP contribution in [0, 0.1) is 6.92 Å². The van der Waals surface area contributed by atoms with Crippen LogP contribution < -0.4 is 5.32 Å². The van der Waals surface area contributed by atoms with Gasteiger partial charge in [0.05, 0.1) is 0 Å². The minimum atomic E-state index is -1.46. The number of aliphatic carboxylic acids is 1. The summed E-state index contributed by atoms with van der Waals surface area (Å²) in [6, 6.07) is 24.4. The van der Waals surface area contributed by atoms with Gasteiger partial charge in [0.15, 0.2) is 0 Å². The highest BCUT2D eigenvalue weighted by Gasteiger charge is 2.44. The van der Waals surface area contributed by atoms with Gasteiger partial charge in [0.2, 0.25) is 5.91 Å². The zero-order chi connectivity index (χ0) is 27.4. The van der Waals surface area contributed by atoms with Crippen molar-refractivity contribution in [2.24, 2.45) is 0 Å². The maximum absolute atomic E-state index is 12.8. The van der Waals surface area contributed by atoms with Gasteiger partial charge in [-0.1, -0.05) is 78.4 Å². The highest BCUT2D eigenvalue weighted by Crippen LogP contribution is 2.44. The number of fused-ring (bicyclic) bond motifs is 3. The summed E-state index contributed by atoms with van der Waals surface area (Å²) >= 11 is 0. The molecule has 1 aliphatic heterocycles. The number of piperidine rings is 1. The fraction of sp³-hybridized carbons (Fsp3) is 0.344. The van der Waals surface area contributed by atoms with E-state index in [2.05, 4.69) is 41.7 Å². The number of benzene rings is 3. The van der Waals surface area contributed by atoms with Crippen molar-refractivity contribution in [3.8, 4) is 11.1 Å². The average Bonchev–Trinajstić information content (AvgIpc) is 3.27. The zero-order valence-corrected chi connectivity index (χ0v) is 22.2. The Hall–Kier alpha value is -4.13. The van der Waals surface area contributed by atoms with Crippen molar-refractivity contribution in [2.45, 2.75) is 50.5 Å². The molecule has 0 bridgehead atoms. The smallest absolute Gasteiger partial charge is 0.408 e. The van der Waals surface area contributed by atoms with Crippen LogP contribution in [0.15, 0.2) is 72.8 Å². The molecule has 3 aromatic rings. The summed E-state index contributed by atoms with van der Waals surface area (Å²) < 4.78 is 5.60. The number of nitrogens with zero attached hydrogens (tertiary/aromatic N) is 1. The molecule has 7 nitrogen and oxygen atoms in total. The molecule has 39 heavy (non-hydrogen) atoms. The lowest BCUT2D eigenvalue weighted by Crippen LogP contribution is -2.60. The van der Waals surface area contributed by atoms with Crippen LogP contribution in [0.4, 0.5) is 4.79 Å². The van der Waals surface area contributed by atoms with Gasteiger partial charge in [-0.25, -0.2) is 9.59 Å². The topological polar surface area (TPSA) is 95.9 Å². The maximum Gasteiger partial charge on any atom is 0.408 e. The minimum Gasteiger partial charge on any atom is -0.480 e. The maximum atomic E-state index is 12.8. The van der Waals surface area contributed by atoms with E-state index in [1.165, 1.54) is 11.1 Å². The minimum absolute atomic E-state index is 0.0160. The predicted octanol–water partition coefficient (Wildman–Crippen LogP) is 5.30. The highest BCUT2D eigenvalue weighted by atomic mass is 16.5. The van der Waals surface area contributed by atoms with E-state index in [9.17, 15) is 19.5 Å². The average molecular weight is 527 g/mol. The molecule has 0 unspecified atom stereocenters. The molecule has 1 fully saturated rings. The van der Waals surface area contributed by atoms with Crippen molar-refractivity contribution in [3.63, 3.8) is 0 Å². The molecule has 0 atom stereocenters. The Morgan fingerprint density at radius 3 is 2.10 bits per heavy atom. The van der Waals surface area contributed by atoms with Crippen LogP contribution in [-0.2, 0) is 20.7 Å². The second-order valence-electron chi connectivity index (χ2n) is 10.6. The number of rotatable bonds is 8. The van der Waals surface area contributed by atoms with E-state index in [4.69, 9.17) is 4.74 Å². The number of hydrogen-bond donors (Lipinski definition) is 2. The van der Waals surface area contributed by atoms with E-state index in [-0.39, 0.29) is 44.4 Å². The third kappa shape index (κ3) is 5.67. The van der Waals surface area contributed by atoms with Crippen molar-refractivity contribution in [3.05, 3.63) is 95.1 Å². The summed E-state index contributed by atoms with van der Waals surface area (Å²) in [6.45, 7) is 2.71. The lowest BCUT2D eigenvalue weighted by Gasteiger charge is -2.39. The van der Waals surface area contributed by atoms with Gasteiger partial charge in [0.1, 0.15) is 12.1 Å². The molecular weight excluding hydrogens is 492 g/mol. The van der Waals surface area contributed by atoms with E-state index < -0.39 is 17.6 Å². The number of nitrogens with one attached hydrogen (secondary N) is 1. The molecular formula is C32H34N2O5. The third-order valence-electron chi connectivity index (χ3n) is 8.04. The number of carboxylic acids is 1. The number of ether oxygens (including phenoxy) is 1. The van der Waals surface area contributed by atoms with Crippen molar-refractivity contribution < 1.29 is 24.2 Å². The first-order chi connectivity index (χ1) is 18.9. The number of likely N-dealkylation sites (tertiary alicyclic amines) is 1. The van der Waals surface area contributed by atoms with Crippen LogP contribution in [0.5, 0.6) is 0 Å². The summed E-state index contributed by atoms with van der Waals surface area (Å²) in [6.07, 6.45) is 1.49. The molecule has 0 saturated carbocycles. The Balaban J connectivity index is 1.14. The first-order valence-electron chi connectivity index (χ1n) is 13.6. The predicted molar refractivity (Wildman–Crippen MR) is 149 cm³/mol. The monoisotopic (exact) mass is 526 g/mol. The second kappa shape index (κ2) is 11.3. The molecule has 1 saturated heterocycles. The van der Waals surface area contributed by atoms with Crippen LogP contribution in [-0.4, -0.2) is 53.2 Å². The van der Waals surface area contributed by atoms with Gasteiger partial charge in [0, 0.05) is 25.4 Å². The SMILES string of the molecule is Cc1ccc(CCCC(=O)N2CCC(NC(=O)OCC3c4ccccc4-c4ccccc43)(C(=O)O)CC2)cc1. The molecule has 0 aromatic heterocycles. The van der Waals surface area contributed by atoms with Crippen LogP contribution in [0.2, 0.25) is 0 Å². The van der Waals surface area contributed by atoms with E-state index in [0.29, 0.717) is 6.42 Å². The zero-order valence-electron chi connectivity index (χ0n) is 22.2. The van der Waals surface area contributed by atoms with Crippen LogP contribution >= 0.6 is 0 Å². The van der Waals surface area contributed by atoms with Crippen molar-refractivity contribution in [1.82, 2.24) is 10.2 Å². The molecule has 7 heteroatoms. The highest BCUT2D eigenvalue weighted by molar-refractivity contribution is 5.85. The normalized spacial score (nSPS) is 15.8. The molecule has 0 radical (unpaired) electrons. The lowest BCUT2D eigenvalue weighted by atomic mass is 9.87. The van der Waals surface area contributed by atoms with Crippen LogP contribution in [0.1, 0.15) is 53.9 Å². The number of carbonyl (C=O) groups excluding carboxylic acids is 2. The molecule has 5 rings (SSSR count). The molecule has 1 heterocycles. The summed E-state index contributed by atoms with van der Waals surface area (Å²) in [5.74, 6) is -1.20. The van der Waals surface area contributed by atoms with Crippen LogP contribution in [0.25, 0.3) is 11.1 Å². The molecule has 202 valence electrons. The Morgan fingerprint density at radius 2 is 1.51 bits per heavy atom. The van der Waals surface area contributed by atoms with Crippen molar-refractivity contribution >= 4 is 18.0 Å². The summed E-state index contributed by atoms with van der Waals surface area (Å²) in [7, 11) is 0. The van der Waals surface area contributed by atoms with Gasteiger partial charge in [-0.15, -0.1) is 0 Å². The van der Waals surface area contributed by atoms with E-state index in [1.807, 2.05) is 43.3 Å². The third-order valence-corrected chi connectivity index (χ3v) is 8.04. The Kier molecular flexibility index (Phi) is 7.68. The number of alkyl carbamates (subject to hydrolysis) is 1. The quantitative estimate of drug-likeness (QED) is 0.415. The fourth-order valence-electron chi connectivity index (χ4n) is 5.72. The summed E-state index contributed by atoms with van der Waals surface area (Å²) in [5.41, 5.74) is 5.38. The summed E-state index contributed by atoms with van der Waals surface area (Å²) in [5, 5.41) is 12.6. The Bertz CT molecular complexity index is 1310. The Morgan fingerprint density at radius 1 is 0.923 bits per heavy atom. The number of carboxylic acid groups (broad SMARTS) is 1. The van der Waals surface area contributed by atoms with Gasteiger partial charge in [-0.3, -0.25) is 4.79 Å². The summed E-state index contributed by atoms with van der Waals surface area (Å²) in [4.78, 5) is 39.6. The Labute approximate surface area is 228 Å². The van der Waals surface area contributed by atoms with Gasteiger partial charge in [0.25, 0.3) is 0 Å². The van der Waals surface area contributed by atoms with Crippen molar-refractivity contribution in [2.75, 3.05) is 19.7 Å². The molecule has 0 spiro atoms. The van der Waals surface area contributed by atoms with Crippen LogP contribution in [0.3, 0.4) is 0 Å². The number of hydrogen-bond acceptors (Lipinski definition) is 4. The first-order valence-corrected chi connectivity index (χ1v) is 13.6. The fourth-order valence-corrected chi connectivity index (χ4v) is 5.72. The van der Waals surface area contributed by atoms with E-state index in [1.54, 1.807) is 4.90 Å². The second-order valence-corrected chi connectivity index (χ2v) is 10.6. The standard InChI is InChI=1S/C32H34N2O5/c1-22-13-15-23(16-14-22)7-6-12-29(35)34-19-17-32(18-20-34,30(36)37)33-31(38)39-21-28-26-10-4-2-8-24(26)25-9-3-5-11-27(25)28/h2-5,8-11,13-16,28H,6-7,12,17-21H2,1H3,(H,33,38)(H,36,37). The number of carbonyl (C=O) groups is 3. The molecule has 2 amide bonds. The van der Waals surface area contributed by atoms with Crippen molar-refractivity contribution in [1.29, 1.82) is 0 Å². The lowest BCUT2D eigenvalue weighted by molar-refractivity contribution is -0.149. The number of amides is 2. The van der Waals surface area contributed by atoms with Gasteiger partial charge >= 0.3 is 12.1 Å². The largest absolute Gasteiger partial charge is 0.480 e. The van der Waals surface area contributed by atoms with Gasteiger partial charge in [-0.2, -0.15) is 0 Å². The molecule has 2 N–H and O–H groups in total. The molecule has 1 aliphatic carbocycles. The van der Waals surface area contributed by atoms with Gasteiger partial charge in [-0.05, 0) is 60.4 Å². The molecule has 2 aliphatic rings.